The minimum absolute atomic E-state index is 0.134. The van der Waals surface area contributed by atoms with Crippen molar-refractivity contribution in [3.8, 4) is 11.5 Å². The maximum atomic E-state index is 13.0. The maximum absolute atomic E-state index is 13.0. The molecule has 2 atom stereocenters. The number of hydrogen-bond acceptors (Lipinski definition) is 7. The summed E-state index contributed by atoms with van der Waals surface area (Å²) >= 11 is 0. The molecule has 0 saturated carbocycles. The van der Waals surface area contributed by atoms with Crippen LogP contribution >= 0.6 is 0 Å². The highest BCUT2D eigenvalue weighted by molar-refractivity contribution is 6.09. The van der Waals surface area contributed by atoms with Gasteiger partial charge >= 0.3 is 6.03 Å². The van der Waals surface area contributed by atoms with Gasteiger partial charge < -0.3 is 20.1 Å². The number of carbonyl (C=O) groups is 3. The number of fused-ring (bicyclic) bond motifs is 1. The van der Waals surface area contributed by atoms with Crippen LogP contribution in [0.2, 0.25) is 0 Å². The predicted molar refractivity (Wildman–Crippen MR) is 110 cm³/mol. The van der Waals surface area contributed by atoms with E-state index in [0.29, 0.717) is 11.5 Å². The van der Waals surface area contributed by atoms with E-state index < -0.39 is 40.9 Å². The molecule has 0 spiro atoms. The topological polar surface area (TPSA) is 140 Å². The molecule has 2 aromatic carbocycles. The number of carbonyl (C=O) groups excluding carboxylic acids is 3. The average Bonchev–Trinajstić information content (AvgIpc) is 3.32. The van der Waals surface area contributed by atoms with Crippen LogP contribution in [0.25, 0.3) is 0 Å². The summed E-state index contributed by atoms with van der Waals surface area (Å²) in [7, 11) is 0. The van der Waals surface area contributed by atoms with Gasteiger partial charge in [0, 0.05) is 12.1 Å². The zero-order valence-electron chi connectivity index (χ0n) is 17.3. The molecule has 166 valence electrons. The highest BCUT2D eigenvalue weighted by Gasteiger charge is 2.49. The normalized spacial score (nSPS) is 20.1. The van der Waals surface area contributed by atoms with E-state index >= 15 is 0 Å². The van der Waals surface area contributed by atoms with Crippen LogP contribution in [0.5, 0.6) is 11.5 Å². The molecular weight excluding hydrogens is 420 g/mol. The van der Waals surface area contributed by atoms with Gasteiger partial charge in [-0.2, -0.15) is 0 Å². The van der Waals surface area contributed by atoms with Crippen molar-refractivity contribution in [2.45, 2.75) is 25.4 Å². The van der Waals surface area contributed by atoms with Crippen molar-refractivity contribution in [2.24, 2.45) is 0 Å². The Morgan fingerprint density at radius 1 is 1.25 bits per heavy atom. The second-order valence-electron chi connectivity index (χ2n) is 7.66. The third-order valence-corrected chi connectivity index (χ3v) is 5.49. The number of amides is 4. The molecule has 11 nitrogen and oxygen atoms in total. The van der Waals surface area contributed by atoms with Gasteiger partial charge in [-0.05, 0) is 37.1 Å². The summed E-state index contributed by atoms with van der Waals surface area (Å²) in [4.78, 5) is 49.3. The van der Waals surface area contributed by atoms with Crippen LogP contribution in [0.15, 0.2) is 42.5 Å². The van der Waals surface area contributed by atoms with Gasteiger partial charge in [0.25, 0.3) is 11.6 Å². The van der Waals surface area contributed by atoms with Crippen LogP contribution in [0.3, 0.4) is 0 Å². The number of urea groups is 1. The SMILES string of the molecule is CC(NC(=O)CN1C(=O)NC(C)(c2cccc([N+](=O)[O-])c2)C1=O)c1ccc2c(c1)OCO2. The van der Waals surface area contributed by atoms with Crippen LogP contribution in [-0.4, -0.2) is 41.0 Å². The summed E-state index contributed by atoms with van der Waals surface area (Å²) in [5.41, 5.74) is -0.714. The van der Waals surface area contributed by atoms with E-state index in [1.807, 2.05) is 0 Å². The lowest BCUT2D eigenvalue weighted by Crippen LogP contribution is -2.43. The molecule has 0 aromatic heterocycles. The fraction of sp³-hybridized carbons (Fsp3) is 0.286. The van der Waals surface area contributed by atoms with Gasteiger partial charge in [-0.3, -0.25) is 24.6 Å². The molecule has 2 aliphatic heterocycles. The molecule has 11 heteroatoms. The second-order valence-corrected chi connectivity index (χ2v) is 7.66. The number of ether oxygens (including phenoxy) is 2. The Labute approximate surface area is 182 Å². The third-order valence-electron chi connectivity index (χ3n) is 5.49. The van der Waals surface area contributed by atoms with E-state index in [9.17, 15) is 24.5 Å². The van der Waals surface area contributed by atoms with Crippen molar-refractivity contribution in [1.29, 1.82) is 0 Å². The molecule has 4 amide bonds. The van der Waals surface area contributed by atoms with Crippen molar-refractivity contribution >= 4 is 23.5 Å². The Hall–Kier alpha value is -4.15. The Balaban J connectivity index is 1.45. The summed E-state index contributed by atoms with van der Waals surface area (Å²) in [5, 5.41) is 16.3. The minimum atomic E-state index is -1.52. The predicted octanol–water partition coefficient (Wildman–Crippen LogP) is 1.97. The molecule has 2 unspecified atom stereocenters. The zero-order chi connectivity index (χ0) is 23.0. The van der Waals surface area contributed by atoms with Gasteiger partial charge in [0.15, 0.2) is 11.5 Å². The van der Waals surface area contributed by atoms with Gasteiger partial charge in [-0.1, -0.05) is 18.2 Å². The van der Waals surface area contributed by atoms with Crippen LogP contribution in [-0.2, 0) is 15.1 Å². The van der Waals surface area contributed by atoms with Crippen LogP contribution in [0.4, 0.5) is 10.5 Å². The highest BCUT2D eigenvalue weighted by Crippen LogP contribution is 2.34. The first-order valence-corrected chi connectivity index (χ1v) is 9.77. The molecule has 2 aliphatic rings. The molecule has 4 rings (SSSR count). The van der Waals surface area contributed by atoms with E-state index in [4.69, 9.17) is 9.47 Å². The molecule has 2 aromatic rings. The Morgan fingerprint density at radius 2 is 2.00 bits per heavy atom. The van der Waals surface area contributed by atoms with Crippen molar-refractivity contribution in [1.82, 2.24) is 15.5 Å². The molecule has 2 heterocycles. The van der Waals surface area contributed by atoms with E-state index in [1.165, 1.54) is 31.2 Å². The summed E-state index contributed by atoms with van der Waals surface area (Å²) in [6.45, 7) is 2.84. The summed E-state index contributed by atoms with van der Waals surface area (Å²) in [6.07, 6.45) is 0. The lowest BCUT2D eigenvalue weighted by Gasteiger charge is -2.22. The standard InChI is InChI=1S/C21H20N4O7/c1-12(13-6-7-16-17(8-13)32-11-31-16)22-18(26)10-24-19(27)21(2,23-20(24)28)14-4-3-5-15(9-14)25(29)30/h3-9,12H,10-11H2,1-2H3,(H,22,26)(H,23,28). The first-order chi connectivity index (χ1) is 15.2. The molecule has 0 bridgehead atoms. The van der Waals surface area contributed by atoms with Gasteiger partial charge in [0.05, 0.1) is 11.0 Å². The number of imide groups is 1. The van der Waals surface area contributed by atoms with E-state index in [-0.39, 0.29) is 18.0 Å². The smallest absolute Gasteiger partial charge is 0.325 e. The van der Waals surface area contributed by atoms with Gasteiger partial charge in [-0.15, -0.1) is 0 Å². The van der Waals surface area contributed by atoms with E-state index in [1.54, 1.807) is 25.1 Å². The molecule has 0 radical (unpaired) electrons. The highest BCUT2D eigenvalue weighted by atomic mass is 16.7. The van der Waals surface area contributed by atoms with Crippen molar-refractivity contribution < 1.29 is 28.8 Å². The third kappa shape index (κ3) is 3.68. The van der Waals surface area contributed by atoms with E-state index in [2.05, 4.69) is 10.6 Å². The molecule has 1 saturated heterocycles. The molecule has 1 fully saturated rings. The maximum Gasteiger partial charge on any atom is 0.325 e. The van der Waals surface area contributed by atoms with Gasteiger partial charge in [-0.25, -0.2) is 4.79 Å². The van der Waals surface area contributed by atoms with Crippen molar-refractivity contribution in [3.63, 3.8) is 0 Å². The molecule has 0 aliphatic carbocycles. The lowest BCUT2D eigenvalue weighted by atomic mass is 9.91. The Bertz CT molecular complexity index is 1130. The number of nitro benzene ring substituents is 1. The second kappa shape index (κ2) is 7.84. The Morgan fingerprint density at radius 3 is 2.75 bits per heavy atom. The Kier molecular flexibility index (Phi) is 5.17. The number of benzene rings is 2. The number of nitrogens with zero attached hydrogens (tertiary/aromatic N) is 2. The van der Waals surface area contributed by atoms with Gasteiger partial charge in [0.2, 0.25) is 12.7 Å². The summed E-state index contributed by atoms with van der Waals surface area (Å²) < 4.78 is 10.6. The van der Waals surface area contributed by atoms with Crippen molar-refractivity contribution in [2.75, 3.05) is 13.3 Å². The first-order valence-electron chi connectivity index (χ1n) is 9.77. The average molecular weight is 440 g/mol. The number of nitro groups is 1. The minimum Gasteiger partial charge on any atom is -0.454 e. The lowest BCUT2D eigenvalue weighted by molar-refractivity contribution is -0.385. The van der Waals surface area contributed by atoms with Gasteiger partial charge in [0.1, 0.15) is 12.1 Å². The number of hydrogen-bond donors (Lipinski definition) is 2. The number of nitrogens with one attached hydrogen (secondary N) is 2. The quantitative estimate of drug-likeness (QED) is 0.397. The number of non-ortho nitro benzene ring substituents is 1. The zero-order valence-corrected chi connectivity index (χ0v) is 17.3. The van der Waals surface area contributed by atoms with Crippen molar-refractivity contribution in [3.05, 3.63) is 63.7 Å². The first kappa shape index (κ1) is 21.1. The monoisotopic (exact) mass is 440 g/mol. The van der Waals surface area contributed by atoms with Crippen LogP contribution < -0.4 is 20.1 Å². The molecule has 32 heavy (non-hydrogen) atoms. The van der Waals surface area contributed by atoms with E-state index in [0.717, 1.165) is 10.5 Å². The van der Waals surface area contributed by atoms with Crippen LogP contribution in [0, 0.1) is 10.1 Å². The molecular formula is C21H20N4O7. The largest absolute Gasteiger partial charge is 0.454 e. The summed E-state index contributed by atoms with van der Waals surface area (Å²) in [6, 6.07) is 9.56. The summed E-state index contributed by atoms with van der Waals surface area (Å²) in [5.74, 6) is -0.0201. The molecule has 2 N–H and O–H groups in total. The van der Waals surface area contributed by atoms with Crippen LogP contribution in [0.1, 0.15) is 31.0 Å². The fourth-order valence-corrected chi connectivity index (χ4v) is 3.66. The number of rotatable bonds is 6. The fourth-order valence-electron chi connectivity index (χ4n) is 3.66.